The quantitative estimate of drug-likeness (QED) is 0.745. The van der Waals surface area contributed by atoms with Crippen LogP contribution in [0.2, 0.25) is 0 Å². The highest BCUT2D eigenvalue weighted by Crippen LogP contribution is 2.32. The highest BCUT2D eigenvalue weighted by atomic mass is 16.2. The van der Waals surface area contributed by atoms with E-state index in [2.05, 4.69) is 41.5 Å². The zero-order valence-corrected chi connectivity index (χ0v) is 13.7. The standard InChI is InChI=1S/C19H20N4O/c1-2-17-15-8-4-3-7-14(15)11-12-22(17)19(24)13-23-18-10-6-5-9-16(18)20-21-23/h3-10,17H,2,11-13H2,1H3. The minimum absolute atomic E-state index is 0.104. The zero-order valence-electron chi connectivity index (χ0n) is 13.7. The average Bonchev–Trinajstić information content (AvgIpc) is 3.03. The molecule has 0 radical (unpaired) electrons. The molecule has 0 fully saturated rings. The summed E-state index contributed by atoms with van der Waals surface area (Å²) >= 11 is 0. The molecule has 1 aliphatic heterocycles. The number of amides is 1. The summed E-state index contributed by atoms with van der Waals surface area (Å²) < 4.78 is 1.70. The van der Waals surface area contributed by atoms with E-state index in [1.807, 2.05) is 29.2 Å². The molecule has 1 aromatic heterocycles. The molecule has 0 bridgehead atoms. The summed E-state index contributed by atoms with van der Waals surface area (Å²) in [5, 5.41) is 8.28. The number of para-hydroxylation sites is 1. The molecule has 4 rings (SSSR count). The number of aromatic nitrogens is 3. The van der Waals surface area contributed by atoms with E-state index in [0.29, 0.717) is 0 Å². The molecule has 2 heterocycles. The Morgan fingerprint density at radius 2 is 1.96 bits per heavy atom. The molecule has 2 aromatic carbocycles. The Morgan fingerprint density at radius 3 is 2.83 bits per heavy atom. The third kappa shape index (κ3) is 2.46. The van der Waals surface area contributed by atoms with E-state index in [-0.39, 0.29) is 18.5 Å². The number of rotatable bonds is 3. The van der Waals surface area contributed by atoms with Crippen molar-refractivity contribution in [3.63, 3.8) is 0 Å². The monoisotopic (exact) mass is 320 g/mol. The molecule has 5 heteroatoms. The van der Waals surface area contributed by atoms with Crippen molar-refractivity contribution in [3.8, 4) is 0 Å². The normalized spacial score (nSPS) is 17.0. The topological polar surface area (TPSA) is 51.0 Å². The van der Waals surface area contributed by atoms with E-state index >= 15 is 0 Å². The van der Waals surface area contributed by atoms with Crippen LogP contribution in [0, 0.1) is 0 Å². The molecule has 5 nitrogen and oxygen atoms in total. The first-order valence-corrected chi connectivity index (χ1v) is 8.43. The van der Waals surface area contributed by atoms with Crippen LogP contribution in [-0.4, -0.2) is 32.3 Å². The molecule has 0 aliphatic carbocycles. The first-order valence-electron chi connectivity index (χ1n) is 8.43. The van der Waals surface area contributed by atoms with Crippen molar-refractivity contribution in [2.24, 2.45) is 0 Å². The van der Waals surface area contributed by atoms with Gasteiger partial charge in [-0.05, 0) is 36.1 Å². The summed E-state index contributed by atoms with van der Waals surface area (Å²) in [5.74, 6) is 0.104. The average molecular weight is 320 g/mol. The lowest BCUT2D eigenvalue weighted by molar-refractivity contribution is -0.135. The number of hydrogen-bond donors (Lipinski definition) is 0. The van der Waals surface area contributed by atoms with Crippen molar-refractivity contribution in [1.82, 2.24) is 19.9 Å². The molecule has 24 heavy (non-hydrogen) atoms. The second kappa shape index (κ2) is 6.07. The SMILES string of the molecule is CCC1c2ccccc2CCN1C(=O)Cn1nnc2ccccc21. The lowest BCUT2D eigenvalue weighted by Gasteiger charge is -2.37. The lowest BCUT2D eigenvalue weighted by Crippen LogP contribution is -2.41. The van der Waals surface area contributed by atoms with E-state index in [9.17, 15) is 4.79 Å². The fourth-order valence-corrected chi connectivity index (χ4v) is 3.64. The Kier molecular flexibility index (Phi) is 3.76. The maximum atomic E-state index is 12.9. The molecular weight excluding hydrogens is 300 g/mol. The number of carbonyl (C=O) groups excluding carboxylic acids is 1. The molecule has 3 aromatic rings. The van der Waals surface area contributed by atoms with Crippen LogP contribution in [0.15, 0.2) is 48.5 Å². The molecule has 0 spiro atoms. The van der Waals surface area contributed by atoms with Crippen molar-refractivity contribution < 1.29 is 4.79 Å². The van der Waals surface area contributed by atoms with Crippen LogP contribution in [-0.2, 0) is 17.8 Å². The van der Waals surface area contributed by atoms with Gasteiger partial charge in [-0.1, -0.05) is 48.5 Å². The van der Waals surface area contributed by atoms with Crippen molar-refractivity contribution >= 4 is 16.9 Å². The lowest BCUT2D eigenvalue weighted by atomic mass is 9.91. The predicted molar refractivity (Wildman–Crippen MR) is 92.4 cm³/mol. The summed E-state index contributed by atoms with van der Waals surface area (Å²) in [6, 6.07) is 16.3. The van der Waals surface area contributed by atoms with Crippen LogP contribution in [0.3, 0.4) is 0 Å². The predicted octanol–water partition coefficient (Wildman–Crippen LogP) is 2.97. The summed E-state index contributed by atoms with van der Waals surface area (Å²) in [4.78, 5) is 14.9. The Balaban J connectivity index is 1.60. The molecular formula is C19H20N4O. The summed E-state index contributed by atoms with van der Waals surface area (Å²) in [6.07, 6.45) is 1.83. The number of fused-ring (bicyclic) bond motifs is 2. The van der Waals surface area contributed by atoms with Crippen molar-refractivity contribution in [1.29, 1.82) is 0 Å². The third-order valence-corrected chi connectivity index (χ3v) is 4.82. The summed E-state index contributed by atoms with van der Waals surface area (Å²) in [7, 11) is 0. The van der Waals surface area contributed by atoms with Gasteiger partial charge in [-0.2, -0.15) is 0 Å². The minimum Gasteiger partial charge on any atom is -0.334 e. The van der Waals surface area contributed by atoms with E-state index < -0.39 is 0 Å². The van der Waals surface area contributed by atoms with Gasteiger partial charge in [0.1, 0.15) is 12.1 Å². The molecule has 1 unspecified atom stereocenters. The number of nitrogens with zero attached hydrogens (tertiary/aromatic N) is 4. The van der Waals surface area contributed by atoms with Gasteiger partial charge in [0.15, 0.2) is 0 Å². The molecule has 1 amide bonds. The van der Waals surface area contributed by atoms with Crippen molar-refractivity contribution in [2.45, 2.75) is 32.4 Å². The highest BCUT2D eigenvalue weighted by Gasteiger charge is 2.29. The largest absolute Gasteiger partial charge is 0.334 e. The maximum absolute atomic E-state index is 12.9. The smallest absolute Gasteiger partial charge is 0.244 e. The Morgan fingerprint density at radius 1 is 1.17 bits per heavy atom. The van der Waals surface area contributed by atoms with Gasteiger partial charge in [-0.15, -0.1) is 5.10 Å². The van der Waals surface area contributed by atoms with Crippen LogP contribution < -0.4 is 0 Å². The molecule has 122 valence electrons. The zero-order chi connectivity index (χ0) is 16.5. The van der Waals surface area contributed by atoms with Crippen LogP contribution in [0.1, 0.15) is 30.5 Å². The fourth-order valence-electron chi connectivity index (χ4n) is 3.64. The third-order valence-electron chi connectivity index (χ3n) is 4.82. The van der Waals surface area contributed by atoms with Crippen LogP contribution in [0.25, 0.3) is 11.0 Å². The van der Waals surface area contributed by atoms with Crippen LogP contribution >= 0.6 is 0 Å². The first-order chi connectivity index (χ1) is 11.8. The minimum atomic E-state index is 0.104. The van der Waals surface area contributed by atoms with Gasteiger partial charge < -0.3 is 4.90 Å². The summed E-state index contributed by atoms with van der Waals surface area (Å²) in [6.45, 7) is 3.14. The van der Waals surface area contributed by atoms with Gasteiger partial charge in [0.05, 0.1) is 11.6 Å². The van der Waals surface area contributed by atoms with Gasteiger partial charge in [-0.25, -0.2) is 4.68 Å². The molecule has 1 aliphatic rings. The van der Waals surface area contributed by atoms with Gasteiger partial charge in [0, 0.05) is 6.54 Å². The van der Waals surface area contributed by atoms with Crippen molar-refractivity contribution in [3.05, 3.63) is 59.7 Å². The highest BCUT2D eigenvalue weighted by molar-refractivity contribution is 5.80. The number of benzene rings is 2. The van der Waals surface area contributed by atoms with Gasteiger partial charge in [0.2, 0.25) is 5.91 Å². The van der Waals surface area contributed by atoms with Gasteiger partial charge >= 0.3 is 0 Å². The van der Waals surface area contributed by atoms with Gasteiger partial charge in [-0.3, -0.25) is 4.79 Å². The van der Waals surface area contributed by atoms with E-state index in [0.717, 1.165) is 30.4 Å². The maximum Gasteiger partial charge on any atom is 0.244 e. The summed E-state index contributed by atoms with van der Waals surface area (Å²) in [5.41, 5.74) is 4.36. The Labute approximate surface area is 140 Å². The number of carbonyl (C=O) groups is 1. The van der Waals surface area contributed by atoms with Crippen LogP contribution in [0.5, 0.6) is 0 Å². The Hall–Kier alpha value is -2.69. The van der Waals surface area contributed by atoms with Crippen LogP contribution in [0.4, 0.5) is 0 Å². The fraction of sp³-hybridized carbons (Fsp3) is 0.316. The second-order valence-electron chi connectivity index (χ2n) is 6.20. The van der Waals surface area contributed by atoms with Gasteiger partial charge in [0.25, 0.3) is 0 Å². The van der Waals surface area contributed by atoms with E-state index in [1.165, 1.54) is 11.1 Å². The first kappa shape index (κ1) is 14.9. The molecule has 0 N–H and O–H groups in total. The van der Waals surface area contributed by atoms with E-state index in [4.69, 9.17) is 0 Å². The van der Waals surface area contributed by atoms with Crippen molar-refractivity contribution in [2.75, 3.05) is 6.54 Å². The van der Waals surface area contributed by atoms with E-state index in [1.54, 1.807) is 4.68 Å². The Bertz CT molecular complexity index is 886. The molecule has 0 saturated carbocycles. The second-order valence-corrected chi connectivity index (χ2v) is 6.20. The molecule has 1 atom stereocenters. The number of hydrogen-bond acceptors (Lipinski definition) is 3. The molecule has 0 saturated heterocycles.